The highest BCUT2D eigenvalue weighted by Crippen LogP contribution is 2.20. The van der Waals surface area contributed by atoms with Crippen LogP contribution in [-0.4, -0.2) is 17.5 Å². The number of halogens is 1. The normalized spacial score (nSPS) is 14.1. The second-order valence-corrected chi connectivity index (χ2v) is 4.26. The monoisotopic (exact) mass is 276 g/mol. The number of carbonyl (C=O) groups is 2. The van der Waals surface area contributed by atoms with Gasteiger partial charge in [-0.2, -0.15) is 10.4 Å². The molecule has 0 aromatic heterocycles. The summed E-state index contributed by atoms with van der Waals surface area (Å²) in [5.74, 6) is -0.612. The van der Waals surface area contributed by atoms with Gasteiger partial charge in [0.05, 0.1) is 10.6 Å². The Kier molecular flexibility index (Phi) is 3.78. The second-order valence-electron chi connectivity index (χ2n) is 3.85. The van der Waals surface area contributed by atoms with Crippen molar-refractivity contribution in [2.24, 2.45) is 5.10 Å². The maximum atomic E-state index is 11.8. The molecule has 0 aliphatic carbocycles. The van der Waals surface area contributed by atoms with E-state index in [9.17, 15) is 9.59 Å². The van der Waals surface area contributed by atoms with E-state index in [1.54, 1.807) is 6.07 Å². The van der Waals surface area contributed by atoms with Crippen molar-refractivity contribution in [1.82, 2.24) is 5.43 Å². The van der Waals surface area contributed by atoms with E-state index in [-0.39, 0.29) is 23.1 Å². The number of carbonyl (C=O) groups excluding carboxylic acids is 2. The van der Waals surface area contributed by atoms with Crippen LogP contribution in [0, 0.1) is 11.3 Å². The Morgan fingerprint density at radius 2 is 2.26 bits per heavy atom. The summed E-state index contributed by atoms with van der Waals surface area (Å²) in [5.41, 5.74) is 3.30. The van der Waals surface area contributed by atoms with E-state index < -0.39 is 5.91 Å². The SMILES string of the molecule is N#Cc1ccc(NC(=O)C2=NNC(=O)CC2)cc1Cl. The van der Waals surface area contributed by atoms with Crippen LogP contribution in [-0.2, 0) is 9.59 Å². The maximum Gasteiger partial charge on any atom is 0.271 e. The van der Waals surface area contributed by atoms with Crippen LogP contribution in [0.4, 0.5) is 5.69 Å². The zero-order valence-electron chi connectivity index (χ0n) is 9.74. The van der Waals surface area contributed by atoms with Crippen molar-refractivity contribution in [3.63, 3.8) is 0 Å². The fraction of sp³-hybridized carbons (Fsp3) is 0.167. The molecule has 1 aliphatic rings. The lowest BCUT2D eigenvalue weighted by Gasteiger charge is -2.12. The van der Waals surface area contributed by atoms with Crippen molar-refractivity contribution in [3.8, 4) is 6.07 Å². The molecule has 1 heterocycles. The smallest absolute Gasteiger partial charge is 0.271 e. The molecule has 2 amide bonds. The van der Waals surface area contributed by atoms with Gasteiger partial charge in [0.25, 0.3) is 5.91 Å². The number of nitrogens with one attached hydrogen (secondary N) is 2. The Morgan fingerprint density at radius 1 is 1.47 bits per heavy atom. The number of nitrogens with zero attached hydrogens (tertiary/aromatic N) is 2. The van der Waals surface area contributed by atoms with Gasteiger partial charge in [-0.15, -0.1) is 0 Å². The summed E-state index contributed by atoms with van der Waals surface area (Å²) in [7, 11) is 0. The standard InChI is InChI=1S/C12H9ClN4O2/c13-9-5-8(2-1-7(9)6-14)15-12(19)10-3-4-11(18)17-16-10/h1-2,5H,3-4H2,(H,15,19)(H,17,18). The number of hydrazone groups is 1. The molecular weight excluding hydrogens is 268 g/mol. The van der Waals surface area contributed by atoms with Gasteiger partial charge >= 0.3 is 0 Å². The lowest BCUT2D eigenvalue weighted by Crippen LogP contribution is -2.32. The van der Waals surface area contributed by atoms with Crippen molar-refractivity contribution in [3.05, 3.63) is 28.8 Å². The van der Waals surface area contributed by atoms with Gasteiger partial charge in [0.2, 0.25) is 5.91 Å². The largest absolute Gasteiger partial charge is 0.321 e. The molecule has 6 nitrogen and oxygen atoms in total. The third kappa shape index (κ3) is 3.09. The van der Waals surface area contributed by atoms with Crippen molar-refractivity contribution in [2.75, 3.05) is 5.32 Å². The molecule has 0 fully saturated rings. The number of anilines is 1. The summed E-state index contributed by atoms with van der Waals surface area (Å²) < 4.78 is 0. The molecule has 0 saturated carbocycles. The quantitative estimate of drug-likeness (QED) is 0.855. The molecule has 0 spiro atoms. The zero-order chi connectivity index (χ0) is 13.8. The highest BCUT2D eigenvalue weighted by molar-refractivity contribution is 6.43. The molecule has 1 aromatic carbocycles. The molecule has 1 aromatic rings. The van der Waals surface area contributed by atoms with Gasteiger partial charge in [-0.1, -0.05) is 11.6 Å². The fourth-order valence-corrected chi connectivity index (χ4v) is 1.75. The Morgan fingerprint density at radius 3 is 2.84 bits per heavy atom. The fourth-order valence-electron chi connectivity index (χ4n) is 1.52. The van der Waals surface area contributed by atoms with Gasteiger partial charge < -0.3 is 5.32 Å². The zero-order valence-corrected chi connectivity index (χ0v) is 10.5. The number of benzene rings is 1. The van der Waals surface area contributed by atoms with Gasteiger partial charge in [-0.3, -0.25) is 9.59 Å². The molecule has 19 heavy (non-hydrogen) atoms. The third-order valence-corrected chi connectivity index (χ3v) is 2.83. The first-order valence-corrected chi connectivity index (χ1v) is 5.84. The van der Waals surface area contributed by atoms with Crippen LogP contribution in [0.15, 0.2) is 23.3 Å². The van der Waals surface area contributed by atoms with Crippen molar-refractivity contribution in [1.29, 1.82) is 5.26 Å². The molecule has 0 unspecified atom stereocenters. The summed E-state index contributed by atoms with van der Waals surface area (Å²) in [5, 5.41) is 15.3. The number of nitriles is 1. The highest BCUT2D eigenvalue weighted by atomic mass is 35.5. The highest BCUT2D eigenvalue weighted by Gasteiger charge is 2.18. The van der Waals surface area contributed by atoms with Crippen LogP contribution in [0.2, 0.25) is 5.02 Å². The summed E-state index contributed by atoms with van der Waals surface area (Å²) in [4.78, 5) is 22.7. The van der Waals surface area contributed by atoms with E-state index in [1.807, 2.05) is 6.07 Å². The van der Waals surface area contributed by atoms with E-state index in [0.717, 1.165) is 0 Å². The van der Waals surface area contributed by atoms with E-state index in [0.29, 0.717) is 17.7 Å². The van der Waals surface area contributed by atoms with E-state index in [4.69, 9.17) is 16.9 Å². The number of rotatable bonds is 2. The van der Waals surface area contributed by atoms with Gasteiger partial charge in [0.1, 0.15) is 11.8 Å². The Bertz CT molecular complexity index is 619. The predicted molar refractivity (Wildman–Crippen MR) is 69.6 cm³/mol. The van der Waals surface area contributed by atoms with E-state index >= 15 is 0 Å². The van der Waals surface area contributed by atoms with E-state index in [2.05, 4.69) is 15.8 Å². The number of hydrogen-bond donors (Lipinski definition) is 2. The molecule has 0 saturated heterocycles. The Hall–Kier alpha value is -2.39. The van der Waals surface area contributed by atoms with Crippen molar-refractivity contribution >= 4 is 34.8 Å². The minimum Gasteiger partial charge on any atom is -0.321 e. The molecule has 7 heteroatoms. The maximum absolute atomic E-state index is 11.8. The minimum absolute atomic E-state index is 0.210. The predicted octanol–water partition coefficient (Wildman–Crippen LogP) is 1.42. The topological polar surface area (TPSA) is 94.3 Å². The summed E-state index contributed by atoms with van der Waals surface area (Å²) in [6.45, 7) is 0. The van der Waals surface area contributed by atoms with Crippen LogP contribution in [0.25, 0.3) is 0 Å². The third-order valence-electron chi connectivity index (χ3n) is 2.51. The van der Waals surface area contributed by atoms with Crippen LogP contribution < -0.4 is 10.7 Å². The molecule has 0 atom stereocenters. The Balaban J connectivity index is 2.09. The lowest BCUT2D eigenvalue weighted by molar-refractivity contribution is -0.121. The average Bonchev–Trinajstić information content (AvgIpc) is 2.39. The van der Waals surface area contributed by atoms with Gasteiger partial charge in [-0.25, -0.2) is 5.43 Å². The summed E-state index contributed by atoms with van der Waals surface area (Å²) in [6, 6.07) is 6.50. The lowest BCUT2D eigenvalue weighted by atomic mass is 10.1. The molecule has 2 rings (SSSR count). The van der Waals surface area contributed by atoms with Gasteiger partial charge in [0, 0.05) is 18.5 Å². The molecular formula is C12H9ClN4O2. The molecule has 96 valence electrons. The molecule has 0 radical (unpaired) electrons. The second kappa shape index (κ2) is 5.50. The molecule has 2 N–H and O–H groups in total. The van der Waals surface area contributed by atoms with Crippen molar-refractivity contribution < 1.29 is 9.59 Å². The van der Waals surface area contributed by atoms with Gasteiger partial charge in [-0.05, 0) is 18.2 Å². The first-order chi connectivity index (χ1) is 9.10. The average molecular weight is 277 g/mol. The first-order valence-electron chi connectivity index (χ1n) is 5.46. The van der Waals surface area contributed by atoms with Crippen LogP contribution >= 0.6 is 11.6 Å². The minimum atomic E-state index is -0.402. The van der Waals surface area contributed by atoms with Crippen LogP contribution in [0.5, 0.6) is 0 Å². The van der Waals surface area contributed by atoms with E-state index in [1.165, 1.54) is 12.1 Å². The Labute approximate surface area is 114 Å². The van der Waals surface area contributed by atoms with Crippen molar-refractivity contribution in [2.45, 2.75) is 12.8 Å². The van der Waals surface area contributed by atoms with Crippen LogP contribution in [0.3, 0.4) is 0 Å². The molecule has 0 bridgehead atoms. The molecule has 1 aliphatic heterocycles. The summed E-state index contributed by atoms with van der Waals surface area (Å²) in [6.07, 6.45) is 0.530. The van der Waals surface area contributed by atoms with Gasteiger partial charge in [0.15, 0.2) is 0 Å². The first kappa shape index (κ1) is 13.1. The van der Waals surface area contributed by atoms with Crippen LogP contribution in [0.1, 0.15) is 18.4 Å². The summed E-state index contributed by atoms with van der Waals surface area (Å²) >= 11 is 5.86. The number of hydrogen-bond acceptors (Lipinski definition) is 4. The number of amides is 2.